The highest BCUT2D eigenvalue weighted by molar-refractivity contribution is 8.03. The Hall–Kier alpha value is -3.69. The molecule has 0 saturated carbocycles. The van der Waals surface area contributed by atoms with Crippen molar-refractivity contribution < 1.29 is 44.2 Å². The molecule has 3 aliphatic rings. The number of nitrogen functional groups attached to an aromatic ring is 1. The minimum atomic E-state index is -2.42. The Labute approximate surface area is 244 Å². The largest absolute Gasteiger partial charge is 0.477 e. The summed E-state index contributed by atoms with van der Waals surface area (Å²) in [5.74, 6) is -4.99. The number of aromatic nitrogens is 1. The number of fused-ring (bicyclic) bond motifs is 1. The van der Waals surface area contributed by atoms with Gasteiger partial charge >= 0.3 is 17.8 Å². The number of nitrogens with two attached hydrogens (primary N) is 1. The van der Waals surface area contributed by atoms with Crippen LogP contribution in [0.1, 0.15) is 19.0 Å². The Morgan fingerprint density at radius 2 is 2.15 bits per heavy atom. The molecule has 0 spiro atoms. The van der Waals surface area contributed by atoms with Crippen LogP contribution in [0.5, 0.6) is 0 Å². The normalized spacial score (nSPS) is 25.3. The quantitative estimate of drug-likeness (QED) is 0.0577. The van der Waals surface area contributed by atoms with Crippen molar-refractivity contribution in [2.24, 2.45) is 5.16 Å². The molecule has 17 nitrogen and oxygen atoms in total. The maximum absolute atomic E-state index is 13.0. The lowest BCUT2D eigenvalue weighted by molar-refractivity contribution is -0.300. The van der Waals surface area contributed by atoms with Crippen LogP contribution in [-0.2, 0) is 28.8 Å². The molecule has 1 aromatic rings. The average molecular weight is 629 g/mol. The smallest absolute Gasteiger partial charge is 0.352 e. The molecule has 0 aliphatic carbocycles. The molecular formula is C21H24N8O9S3. The van der Waals surface area contributed by atoms with Crippen molar-refractivity contribution in [1.82, 2.24) is 30.7 Å². The van der Waals surface area contributed by atoms with Gasteiger partial charge in [-0.25, -0.2) is 9.78 Å². The van der Waals surface area contributed by atoms with Gasteiger partial charge in [-0.05, 0) is 28.7 Å². The zero-order chi connectivity index (χ0) is 30.1. The lowest BCUT2D eigenvalue weighted by atomic mass is 10.0. The van der Waals surface area contributed by atoms with Crippen LogP contribution in [0.3, 0.4) is 0 Å². The third-order valence-corrected chi connectivity index (χ3v) is 8.82. The van der Waals surface area contributed by atoms with Crippen LogP contribution in [0.2, 0.25) is 0 Å². The number of aliphatic hydroxyl groups is 1. The average Bonchev–Trinajstić information content (AvgIpc) is 3.36. The number of carboxylic acid groups (broad SMARTS) is 1. The van der Waals surface area contributed by atoms with E-state index < -0.39 is 46.2 Å². The number of hydrogen-bond acceptors (Lipinski definition) is 15. The van der Waals surface area contributed by atoms with E-state index in [1.165, 1.54) is 35.7 Å². The van der Waals surface area contributed by atoms with E-state index in [-0.39, 0.29) is 45.3 Å². The van der Waals surface area contributed by atoms with Crippen molar-refractivity contribution >= 4 is 75.3 Å². The van der Waals surface area contributed by atoms with Gasteiger partial charge in [0.2, 0.25) is 0 Å². The summed E-state index contributed by atoms with van der Waals surface area (Å²) in [7, 11) is 1.23. The molecule has 0 radical (unpaired) electrons. The van der Waals surface area contributed by atoms with Crippen molar-refractivity contribution in [3.63, 3.8) is 0 Å². The Morgan fingerprint density at radius 3 is 2.76 bits per heavy atom. The van der Waals surface area contributed by atoms with Gasteiger partial charge in [0, 0.05) is 17.7 Å². The Morgan fingerprint density at radius 1 is 1.41 bits per heavy atom. The number of hydroxylamine groups is 1. The summed E-state index contributed by atoms with van der Waals surface area (Å²) in [5, 5.41) is 37.0. The molecule has 7 N–H and O–H groups in total. The lowest BCUT2D eigenvalue weighted by Crippen LogP contribution is -2.71. The van der Waals surface area contributed by atoms with Crippen molar-refractivity contribution in [3.8, 4) is 0 Å². The number of thiazole rings is 1. The van der Waals surface area contributed by atoms with Crippen LogP contribution < -0.4 is 16.5 Å². The second-order valence-corrected chi connectivity index (χ2v) is 11.5. The third kappa shape index (κ3) is 5.61. The first kappa shape index (κ1) is 30.3. The number of carboxylic acids is 1. The molecule has 2 fully saturated rings. The van der Waals surface area contributed by atoms with Crippen LogP contribution in [0.25, 0.3) is 0 Å². The number of carbonyl (C=O) groups excluding carboxylic acids is 4. The minimum absolute atomic E-state index is 0.0662. The number of anilines is 1. The monoisotopic (exact) mass is 628 g/mol. The van der Waals surface area contributed by atoms with Crippen LogP contribution in [0.4, 0.5) is 5.13 Å². The summed E-state index contributed by atoms with van der Waals surface area (Å²) in [6.45, 7) is 1.63. The predicted octanol–water partition coefficient (Wildman–Crippen LogP) is -1.36. The highest BCUT2D eigenvalue weighted by Gasteiger charge is 2.55. The molecule has 2 saturated heterocycles. The number of hydrogen-bond donors (Lipinski definition) is 6. The number of hydrazine groups is 1. The SMILES string of the molecule is CCCN1C(=O)C(=O)NN(O)C1(O)S/C=C/C1=C(C(=O)O)N2C(=O)C(NC(=O)/C(=N\OC)c3csc(N)n3)C2SC1. The van der Waals surface area contributed by atoms with Gasteiger partial charge in [0.1, 0.15) is 29.9 Å². The fraction of sp³-hybridized carbons (Fsp3) is 0.381. The number of nitrogens with one attached hydrogen (secondary N) is 2. The van der Waals surface area contributed by atoms with E-state index in [4.69, 9.17) is 10.6 Å². The van der Waals surface area contributed by atoms with E-state index >= 15 is 0 Å². The maximum atomic E-state index is 13.0. The second-order valence-electron chi connectivity index (χ2n) is 8.44. The fourth-order valence-electron chi connectivity index (χ4n) is 4.05. The summed E-state index contributed by atoms with van der Waals surface area (Å²) in [6, 6.07) is -1.07. The summed E-state index contributed by atoms with van der Waals surface area (Å²) in [5.41, 5.74) is 7.22. The standard InChI is InChI=1S/C21H24N8O9S3/c1-3-5-27-17(33)15(31)25-29(37)21(27,36)41-6-4-9-7-39-18-12(16(32)28(18)13(9)19(34)35)24-14(30)11(26-38-2)10-8-40-20(22)23-10/h4,6,8,12,18,36-37H,3,5,7H2,1-2H3,(H2,22,23)(H,24,30)(H,25,31)(H,34,35)/b6-4+,26-11-. The highest BCUT2D eigenvalue weighted by atomic mass is 32.2. The number of β-lactam (4-membered cyclic amide) rings is 1. The Balaban J connectivity index is 1.51. The van der Waals surface area contributed by atoms with Crippen molar-refractivity contribution in [1.29, 1.82) is 0 Å². The molecule has 4 amide bonds. The molecule has 220 valence electrons. The number of rotatable bonds is 10. The number of aliphatic carboxylic acids is 1. The van der Waals surface area contributed by atoms with Gasteiger partial charge in [-0.1, -0.05) is 23.8 Å². The zero-order valence-corrected chi connectivity index (χ0v) is 23.8. The topological polar surface area (TPSA) is 240 Å². The van der Waals surface area contributed by atoms with E-state index in [9.17, 15) is 39.4 Å². The minimum Gasteiger partial charge on any atom is -0.477 e. The number of allylic oxidation sites excluding steroid dienone is 1. The Bertz CT molecular complexity index is 1380. The lowest BCUT2D eigenvalue weighted by Gasteiger charge is -2.49. The van der Waals surface area contributed by atoms with Gasteiger partial charge in [0.05, 0.1) is 0 Å². The van der Waals surface area contributed by atoms with E-state index in [2.05, 4.69) is 15.5 Å². The van der Waals surface area contributed by atoms with Crippen molar-refractivity contribution in [2.75, 3.05) is 25.1 Å². The summed E-state index contributed by atoms with van der Waals surface area (Å²) in [6.07, 6.45) is 1.67. The van der Waals surface area contributed by atoms with Gasteiger partial charge in [0.25, 0.3) is 17.0 Å². The van der Waals surface area contributed by atoms with Gasteiger partial charge in [-0.2, -0.15) is 0 Å². The van der Waals surface area contributed by atoms with Crippen LogP contribution in [0, 0.1) is 0 Å². The maximum Gasteiger partial charge on any atom is 0.352 e. The van der Waals surface area contributed by atoms with Crippen molar-refractivity contribution in [2.45, 2.75) is 29.9 Å². The van der Waals surface area contributed by atoms with Gasteiger partial charge in [-0.15, -0.1) is 23.1 Å². The highest BCUT2D eigenvalue weighted by Crippen LogP contribution is 2.41. The van der Waals surface area contributed by atoms with Gasteiger partial charge in [-0.3, -0.25) is 39.6 Å². The number of carbonyl (C=O) groups is 5. The molecule has 4 rings (SSSR count). The molecule has 3 atom stereocenters. The summed E-state index contributed by atoms with van der Waals surface area (Å²) in [4.78, 5) is 72.6. The predicted molar refractivity (Wildman–Crippen MR) is 145 cm³/mol. The Kier molecular flexibility index (Phi) is 8.89. The second kappa shape index (κ2) is 12.0. The molecule has 4 heterocycles. The fourth-order valence-corrected chi connectivity index (χ4v) is 6.78. The molecular weight excluding hydrogens is 604 g/mol. The molecule has 3 aliphatic heterocycles. The molecule has 3 unspecified atom stereocenters. The summed E-state index contributed by atoms with van der Waals surface area (Å²) >= 11 is 2.76. The number of amides is 4. The number of thioether (sulfide) groups is 2. The van der Waals surface area contributed by atoms with Crippen LogP contribution >= 0.6 is 34.9 Å². The first-order valence-corrected chi connectivity index (χ1v) is 14.5. The van der Waals surface area contributed by atoms with E-state index in [0.29, 0.717) is 18.2 Å². The van der Waals surface area contributed by atoms with E-state index in [1.54, 1.807) is 6.92 Å². The first-order chi connectivity index (χ1) is 19.4. The molecule has 1 aromatic heterocycles. The van der Waals surface area contributed by atoms with E-state index in [0.717, 1.165) is 21.1 Å². The zero-order valence-electron chi connectivity index (χ0n) is 21.3. The third-order valence-electron chi connectivity index (χ3n) is 5.87. The van der Waals surface area contributed by atoms with Gasteiger partial charge in [0.15, 0.2) is 10.8 Å². The molecule has 0 bridgehead atoms. The van der Waals surface area contributed by atoms with Crippen LogP contribution in [0.15, 0.2) is 33.3 Å². The first-order valence-electron chi connectivity index (χ1n) is 11.7. The number of oxime groups is 1. The van der Waals surface area contributed by atoms with Gasteiger partial charge < -0.3 is 26.1 Å². The molecule has 0 aromatic carbocycles. The molecule has 20 heteroatoms. The molecule has 41 heavy (non-hydrogen) atoms. The number of nitrogens with zero attached hydrogens (tertiary/aromatic N) is 5. The van der Waals surface area contributed by atoms with Crippen molar-refractivity contribution in [3.05, 3.63) is 33.8 Å². The van der Waals surface area contributed by atoms with Crippen LogP contribution in [-0.4, -0.2) is 107 Å². The van der Waals surface area contributed by atoms with E-state index in [1.807, 2.05) is 5.43 Å². The summed E-state index contributed by atoms with van der Waals surface area (Å²) < 4.78 is 0.